The Hall–Kier alpha value is -2.15. The quantitative estimate of drug-likeness (QED) is 0.472. The Bertz CT molecular complexity index is 1000. The lowest BCUT2D eigenvalue weighted by atomic mass is 10.1. The van der Waals surface area contributed by atoms with E-state index in [9.17, 15) is 4.79 Å². The van der Waals surface area contributed by atoms with Gasteiger partial charge in [0.05, 0.1) is 29.8 Å². The molecule has 1 saturated heterocycles. The molecule has 0 aromatic heterocycles. The summed E-state index contributed by atoms with van der Waals surface area (Å²) < 4.78 is 10.7. The summed E-state index contributed by atoms with van der Waals surface area (Å²) in [4.78, 5) is 20.1. The number of amides is 1. The van der Waals surface area contributed by atoms with Gasteiger partial charge in [-0.3, -0.25) is 9.69 Å². The van der Waals surface area contributed by atoms with Gasteiger partial charge in [-0.1, -0.05) is 37.0 Å². The van der Waals surface area contributed by atoms with E-state index in [1.807, 2.05) is 12.1 Å². The Labute approximate surface area is 190 Å². The second-order valence-corrected chi connectivity index (χ2v) is 8.87. The van der Waals surface area contributed by atoms with Crippen molar-refractivity contribution >= 4 is 57.8 Å². The largest absolute Gasteiger partial charge is 0.496 e. The first kappa shape index (κ1) is 22.5. The number of amidine groups is 1. The number of hydrogen-bond donors (Lipinski definition) is 0. The van der Waals surface area contributed by atoms with Gasteiger partial charge in [0.1, 0.15) is 11.5 Å². The summed E-state index contributed by atoms with van der Waals surface area (Å²) in [6.07, 6.45) is 1.77. The van der Waals surface area contributed by atoms with Gasteiger partial charge in [-0.2, -0.15) is 0 Å². The van der Waals surface area contributed by atoms with Crippen molar-refractivity contribution in [1.82, 2.24) is 4.90 Å². The number of thioether (sulfide) groups is 1. The molecule has 3 rings (SSSR count). The molecular formula is C22H22Cl2N2O3S. The Morgan fingerprint density at radius 1 is 1.10 bits per heavy atom. The summed E-state index contributed by atoms with van der Waals surface area (Å²) in [5.41, 5.74) is 1.42. The first-order valence-electron chi connectivity index (χ1n) is 9.29. The molecule has 0 spiro atoms. The summed E-state index contributed by atoms with van der Waals surface area (Å²) in [6.45, 7) is 4.69. The van der Waals surface area contributed by atoms with Gasteiger partial charge < -0.3 is 9.47 Å². The van der Waals surface area contributed by atoms with Gasteiger partial charge >= 0.3 is 0 Å². The van der Waals surface area contributed by atoms with Crippen LogP contribution < -0.4 is 9.47 Å². The minimum Gasteiger partial charge on any atom is -0.496 e. The van der Waals surface area contributed by atoms with E-state index in [0.717, 1.165) is 5.69 Å². The second kappa shape index (κ2) is 9.77. The highest BCUT2D eigenvalue weighted by atomic mass is 35.5. The third-order valence-electron chi connectivity index (χ3n) is 4.28. The number of halogens is 2. The van der Waals surface area contributed by atoms with Gasteiger partial charge in [-0.15, -0.1) is 0 Å². The van der Waals surface area contributed by atoms with Gasteiger partial charge in [-0.25, -0.2) is 4.99 Å². The molecule has 8 heteroatoms. The van der Waals surface area contributed by atoms with Crippen molar-refractivity contribution in [2.75, 3.05) is 20.8 Å². The fraction of sp³-hybridized carbons (Fsp3) is 0.273. The second-order valence-electron chi connectivity index (χ2n) is 7.02. The average molecular weight is 465 g/mol. The summed E-state index contributed by atoms with van der Waals surface area (Å²) in [5.74, 6) is 1.26. The zero-order valence-corrected chi connectivity index (χ0v) is 19.4. The number of benzene rings is 2. The summed E-state index contributed by atoms with van der Waals surface area (Å²) in [7, 11) is 3.10. The molecule has 1 amide bonds. The number of hydrogen-bond acceptors (Lipinski definition) is 5. The molecule has 0 bridgehead atoms. The van der Waals surface area contributed by atoms with Crippen LogP contribution in [-0.2, 0) is 4.79 Å². The molecule has 158 valence electrons. The number of carbonyl (C=O) groups is 1. The van der Waals surface area contributed by atoms with Crippen molar-refractivity contribution in [3.63, 3.8) is 0 Å². The number of ether oxygens (including phenoxy) is 2. The van der Waals surface area contributed by atoms with Crippen molar-refractivity contribution in [1.29, 1.82) is 0 Å². The molecule has 0 saturated carbocycles. The molecular weight excluding hydrogens is 443 g/mol. The van der Waals surface area contributed by atoms with Gasteiger partial charge in [0.15, 0.2) is 5.17 Å². The van der Waals surface area contributed by atoms with Crippen LogP contribution in [0.2, 0.25) is 10.0 Å². The Morgan fingerprint density at radius 3 is 2.37 bits per heavy atom. The Balaban J connectivity index is 2.01. The highest BCUT2D eigenvalue weighted by molar-refractivity contribution is 8.18. The Morgan fingerprint density at radius 2 is 1.77 bits per heavy atom. The highest BCUT2D eigenvalue weighted by Crippen LogP contribution is 2.38. The molecule has 0 radical (unpaired) electrons. The van der Waals surface area contributed by atoms with E-state index in [1.165, 1.54) is 11.8 Å². The van der Waals surface area contributed by atoms with E-state index in [0.29, 0.717) is 43.7 Å². The maximum atomic E-state index is 13.1. The summed E-state index contributed by atoms with van der Waals surface area (Å²) >= 11 is 13.6. The predicted octanol–water partition coefficient (Wildman–Crippen LogP) is 6.27. The molecule has 30 heavy (non-hydrogen) atoms. The topological polar surface area (TPSA) is 51.1 Å². The smallest absolute Gasteiger partial charge is 0.266 e. The summed E-state index contributed by atoms with van der Waals surface area (Å²) in [6, 6.07) is 10.6. The van der Waals surface area contributed by atoms with Crippen molar-refractivity contribution in [3.05, 3.63) is 56.9 Å². The maximum Gasteiger partial charge on any atom is 0.266 e. The van der Waals surface area contributed by atoms with Crippen LogP contribution in [-0.4, -0.2) is 36.7 Å². The zero-order valence-electron chi connectivity index (χ0n) is 17.1. The SMILES string of the molecule is COc1cc(OC)c(/C=C2\SC(=Nc3ccc(Cl)cc3)N(CC(C)C)C2=O)cc1Cl. The van der Waals surface area contributed by atoms with Crippen LogP contribution in [0.15, 0.2) is 46.3 Å². The van der Waals surface area contributed by atoms with E-state index in [-0.39, 0.29) is 11.8 Å². The molecule has 0 aliphatic carbocycles. The molecule has 2 aromatic rings. The number of aliphatic imine (C=N–C) groups is 1. The van der Waals surface area contributed by atoms with Crippen LogP contribution >= 0.6 is 35.0 Å². The molecule has 1 heterocycles. The van der Waals surface area contributed by atoms with Crippen LogP contribution in [0.3, 0.4) is 0 Å². The molecule has 0 atom stereocenters. The van der Waals surface area contributed by atoms with Crippen LogP contribution in [0.4, 0.5) is 5.69 Å². The van der Waals surface area contributed by atoms with E-state index < -0.39 is 0 Å². The lowest BCUT2D eigenvalue weighted by Crippen LogP contribution is -2.32. The molecule has 0 N–H and O–H groups in total. The fourth-order valence-corrected chi connectivity index (χ4v) is 4.25. The number of rotatable bonds is 6. The molecule has 0 unspecified atom stereocenters. The van der Waals surface area contributed by atoms with Crippen molar-refractivity contribution in [2.45, 2.75) is 13.8 Å². The van der Waals surface area contributed by atoms with Crippen LogP contribution in [0.25, 0.3) is 6.08 Å². The standard InChI is InChI=1S/C22H22Cl2N2O3S/c1-13(2)12-26-21(27)20(30-22(26)25-16-7-5-15(23)6-8-16)10-14-9-17(24)19(29-4)11-18(14)28-3/h5-11,13H,12H2,1-4H3/b20-10-,25-22?. The lowest BCUT2D eigenvalue weighted by molar-refractivity contribution is -0.122. The van der Waals surface area contributed by atoms with Crippen LogP contribution in [0, 0.1) is 5.92 Å². The zero-order chi connectivity index (χ0) is 21.8. The van der Waals surface area contributed by atoms with E-state index in [4.69, 9.17) is 32.7 Å². The van der Waals surface area contributed by atoms with Crippen molar-refractivity contribution < 1.29 is 14.3 Å². The van der Waals surface area contributed by atoms with E-state index >= 15 is 0 Å². The lowest BCUT2D eigenvalue weighted by Gasteiger charge is -2.17. The predicted molar refractivity (Wildman–Crippen MR) is 125 cm³/mol. The molecule has 2 aromatic carbocycles. The van der Waals surface area contributed by atoms with Gasteiger partial charge in [0, 0.05) is 23.2 Å². The van der Waals surface area contributed by atoms with Gasteiger partial charge in [0.25, 0.3) is 5.91 Å². The fourth-order valence-electron chi connectivity index (χ4n) is 2.88. The van der Waals surface area contributed by atoms with Crippen LogP contribution in [0.5, 0.6) is 11.5 Å². The highest BCUT2D eigenvalue weighted by Gasteiger charge is 2.34. The van der Waals surface area contributed by atoms with Crippen LogP contribution in [0.1, 0.15) is 19.4 Å². The van der Waals surface area contributed by atoms with E-state index in [2.05, 4.69) is 18.8 Å². The molecule has 5 nitrogen and oxygen atoms in total. The first-order chi connectivity index (χ1) is 14.3. The first-order valence-corrected chi connectivity index (χ1v) is 10.9. The summed E-state index contributed by atoms with van der Waals surface area (Å²) in [5, 5.41) is 1.70. The number of methoxy groups -OCH3 is 2. The Kier molecular flexibility index (Phi) is 7.34. The van der Waals surface area contributed by atoms with E-state index in [1.54, 1.807) is 49.5 Å². The number of carbonyl (C=O) groups excluding carboxylic acids is 1. The normalized spacial score (nSPS) is 16.8. The average Bonchev–Trinajstić information content (AvgIpc) is 2.98. The van der Waals surface area contributed by atoms with Crippen molar-refractivity contribution in [2.24, 2.45) is 10.9 Å². The molecule has 1 aliphatic rings. The minimum absolute atomic E-state index is 0.101. The molecule has 1 fully saturated rings. The number of nitrogens with zero attached hydrogens (tertiary/aromatic N) is 2. The van der Waals surface area contributed by atoms with Gasteiger partial charge in [0.2, 0.25) is 0 Å². The monoisotopic (exact) mass is 464 g/mol. The third kappa shape index (κ3) is 5.12. The maximum absolute atomic E-state index is 13.1. The van der Waals surface area contributed by atoms with Gasteiger partial charge in [-0.05, 0) is 54.1 Å². The molecule has 1 aliphatic heterocycles. The van der Waals surface area contributed by atoms with Crippen molar-refractivity contribution in [3.8, 4) is 11.5 Å². The third-order valence-corrected chi connectivity index (χ3v) is 5.83. The minimum atomic E-state index is -0.101.